The van der Waals surface area contributed by atoms with Crippen LogP contribution in [-0.2, 0) is 0 Å². The molecule has 1 aliphatic carbocycles. The number of nitrogens with zero attached hydrogens (tertiary/aromatic N) is 1. The van der Waals surface area contributed by atoms with Crippen molar-refractivity contribution in [2.75, 3.05) is 26.2 Å². The first-order valence-corrected chi connectivity index (χ1v) is 7.59. The molecule has 1 heterocycles. The fourth-order valence-corrected chi connectivity index (χ4v) is 3.32. The molecule has 0 bridgehead atoms. The molecule has 0 radical (unpaired) electrons. The molecule has 2 nitrogen and oxygen atoms in total. The van der Waals surface area contributed by atoms with Crippen LogP contribution in [0, 0.1) is 11.3 Å². The SMILES string of the molecule is CCN1CCCC(C(C)NCC2(C)CCC2)C1. The zero-order valence-corrected chi connectivity index (χ0v) is 12.0. The van der Waals surface area contributed by atoms with Crippen LogP contribution in [0.5, 0.6) is 0 Å². The Hall–Kier alpha value is -0.0800. The highest BCUT2D eigenvalue weighted by molar-refractivity contribution is 4.88. The summed E-state index contributed by atoms with van der Waals surface area (Å²) in [6.07, 6.45) is 7.11. The molecule has 17 heavy (non-hydrogen) atoms. The molecule has 1 saturated carbocycles. The van der Waals surface area contributed by atoms with Crippen molar-refractivity contribution in [1.29, 1.82) is 0 Å². The van der Waals surface area contributed by atoms with Crippen molar-refractivity contribution >= 4 is 0 Å². The van der Waals surface area contributed by atoms with E-state index < -0.39 is 0 Å². The number of rotatable bonds is 5. The Labute approximate surface area is 107 Å². The average Bonchev–Trinajstić information content (AvgIpc) is 2.33. The van der Waals surface area contributed by atoms with E-state index in [0.29, 0.717) is 11.5 Å². The summed E-state index contributed by atoms with van der Waals surface area (Å²) in [6, 6.07) is 0.696. The summed E-state index contributed by atoms with van der Waals surface area (Å²) < 4.78 is 0. The second-order valence-corrected chi connectivity index (χ2v) is 6.63. The van der Waals surface area contributed by atoms with Gasteiger partial charge in [-0.25, -0.2) is 0 Å². The van der Waals surface area contributed by atoms with Crippen LogP contribution >= 0.6 is 0 Å². The van der Waals surface area contributed by atoms with Gasteiger partial charge in [0.15, 0.2) is 0 Å². The van der Waals surface area contributed by atoms with Crippen molar-refractivity contribution in [2.45, 2.75) is 58.9 Å². The Kier molecular flexibility index (Phi) is 4.48. The van der Waals surface area contributed by atoms with E-state index in [0.717, 1.165) is 5.92 Å². The van der Waals surface area contributed by atoms with E-state index in [4.69, 9.17) is 0 Å². The van der Waals surface area contributed by atoms with Gasteiger partial charge in [0.05, 0.1) is 0 Å². The lowest BCUT2D eigenvalue weighted by Crippen LogP contribution is -2.48. The van der Waals surface area contributed by atoms with E-state index in [9.17, 15) is 0 Å². The number of piperidine rings is 1. The zero-order valence-electron chi connectivity index (χ0n) is 12.0. The second kappa shape index (κ2) is 5.71. The zero-order chi connectivity index (χ0) is 12.3. The Bertz CT molecular complexity index is 235. The standard InChI is InChI=1S/C15H30N2/c1-4-17-10-5-7-14(11-17)13(2)16-12-15(3)8-6-9-15/h13-14,16H,4-12H2,1-3H3. The van der Waals surface area contributed by atoms with Gasteiger partial charge >= 0.3 is 0 Å². The lowest BCUT2D eigenvalue weighted by atomic mass is 9.70. The van der Waals surface area contributed by atoms with E-state index in [1.165, 1.54) is 58.3 Å². The van der Waals surface area contributed by atoms with E-state index in [-0.39, 0.29) is 0 Å². The van der Waals surface area contributed by atoms with Gasteiger partial charge < -0.3 is 10.2 Å². The predicted octanol–water partition coefficient (Wildman–Crippen LogP) is 2.89. The summed E-state index contributed by atoms with van der Waals surface area (Å²) >= 11 is 0. The fourth-order valence-electron chi connectivity index (χ4n) is 3.32. The molecule has 0 aromatic carbocycles. The van der Waals surface area contributed by atoms with Gasteiger partial charge in [-0.1, -0.05) is 20.3 Å². The predicted molar refractivity (Wildman–Crippen MR) is 74.3 cm³/mol. The van der Waals surface area contributed by atoms with Crippen molar-refractivity contribution in [3.63, 3.8) is 0 Å². The highest BCUT2D eigenvalue weighted by atomic mass is 15.1. The molecule has 2 fully saturated rings. The van der Waals surface area contributed by atoms with Crippen LogP contribution in [-0.4, -0.2) is 37.1 Å². The molecule has 100 valence electrons. The summed E-state index contributed by atoms with van der Waals surface area (Å²) in [6.45, 7) is 12.2. The Morgan fingerprint density at radius 3 is 2.71 bits per heavy atom. The third-order valence-electron chi connectivity index (χ3n) is 5.11. The molecule has 2 aliphatic rings. The van der Waals surface area contributed by atoms with Crippen LogP contribution < -0.4 is 5.32 Å². The molecule has 1 N–H and O–H groups in total. The molecular formula is C15H30N2. The minimum Gasteiger partial charge on any atom is -0.313 e. The third kappa shape index (κ3) is 3.45. The first-order chi connectivity index (χ1) is 8.13. The average molecular weight is 238 g/mol. The highest BCUT2D eigenvalue weighted by Gasteiger charge is 2.32. The number of hydrogen-bond donors (Lipinski definition) is 1. The first kappa shape index (κ1) is 13.4. The number of hydrogen-bond acceptors (Lipinski definition) is 2. The minimum absolute atomic E-state index is 0.618. The third-order valence-corrected chi connectivity index (χ3v) is 5.11. The van der Waals surface area contributed by atoms with Crippen LogP contribution in [0.15, 0.2) is 0 Å². The van der Waals surface area contributed by atoms with Crippen molar-refractivity contribution in [2.24, 2.45) is 11.3 Å². The van der Waals surface area contributed by atoms with Gasteiger partial charge in [-0.05, 0) is 57.0 Å². The summed E-state index contributed by atoms with van der Waals surface area (Å²) in [4.78, 5) is 2.61. The molecule has 2 heteroatoms. The molecular weight excluding hydrogens is 208 g/mol. The van der Waals surface area contributed by atoms with Crippen molar-refractivity contribution in [1.82, 2.24) is 10.2 Å². The Morgan fingerprint density at radius 1 is 1.35 bits per heavy atom. The van der Waals surface area contributed by atoms with Gasteiger partial charge in [0.1, 0.15) is 0 Å². The molecule has 0 amide bonds. The minimum atomic E-state index is 0.618. The van der Waals surface area contributed by atoms with Crippen LogP contribution in [0.3, 0.4) is 0 Å². The Balaban J connectivity index is 1.73. The lowest BCUT2D eigenvalue weighted by molar-refractivity contribution is 0.123. The van der Waals surface area contributed by atoms with E-state index in [2.05, 4.69) is 31.0 Å². The largest absolute Gasteiger partial charge is 0.313 e. The fraction of sp³-hybridized carbons (Fsp3) is 1.00. The van der Waals surface area contributed by atoms with Gasteiger partial charge in [0.2, 0.25) is 0 Å². The molecule has 2 rings (SSSR count). The van der Waals surface area contributed by atoms with Gasteiger partial charge in [-0.15, -0.1) is 0 Å². The van der Waals surface area contributed by atoms with Crippen LogP contribution in [0.25, 0.3) is 0 Å². The maximum Gasteiger partial charge on any atom is 0.00794 e. The normalized spacial score (nSPS) is 30.9. The van der Waals surface area contributed by atoms with E-state index in [1.807, 2.05) is 0 Å². The summed E-state index contributed by atoms with van der Waals surface area (Å²) in [5, 5.41) is 3.81. The molecule has 1 aliphatic heterocycles. The molecule has 0 aromatic rings. The lowest BCUT2D eigenvalue weighted by Gasteiger charge is -2.41. The molecule has 1 saturated heterocycles. The van der Waals surface area contributed by atoms with Crippen molar-refractivity contribution < 1.29 is 0 Å². The molecule has 2 unspecified atom stereocenters. The molecule has 0 spiro atoms. The summed E-state index contributed by atoms with van der Waals surface area (Å²) in [7, 11) is 0. The maximum atomic E-state index is 3.81. The Morgan fingerprint density at radius 2 is 2.12 bits per heavy atom. The van der Waals surface area contributed by atoms with Gasteiger partial charge in [-0.3, -0.25) is 0 Å². The van der Waals surface area contributed by atoms with Gasteiger partial charge in [-0.2, -0.15) is 0 Å². The van der Waals surface area contributed by atoms with Crippen LogP contribution in [0.2, 0.25) is 0 Å². The molecule has 0 aromatic heterocycles. The smallest absolute Gasteiger partial charge is 0.00794 e. The highest BCUT2D eigenvalue weighted by Crippen LogP contribution is 2.39. The monoisotopic (exact) mass is 238 g/mol. The quantitative estimate of drug-likeness (QED) is 0.792. The molecule has 2 atom stereocenters. The first-order valence-electron chi connectivity index (χ1n) is 7.59. The topological polar surface area (TPSA) is 15.3 Å². The van der Waals surface area contributed by atoms with Gasteiger partial charge in [0, 0.05) is 19.1 Å². The summed E-state index contributed by atoms with van der Waals surface area (Å²) in [5.74, 6) is 0.868. The van der Waals surface area contributed by atoms with Crippen LogP contribution in [0.4, 0.5) is 0 Å². The van der Waals surface area contributed by atoms with E-state index in [1.54, 1.807) is 0 Å². The van der Waals surface area contributed by atoms with Gasteiger partial charge in [0.25, 0.3) is 0 Å². The number of likely N-dealkylation sites (tertiary alicyclic amines) is 1. The van der Waals surface area contributed by atoms with Crippen molar-refractivity contribution in [3.05, 3.63) is 0 Å². The second-order valence-electron chi connectivity index (χ2n) is 6.63. The van der Waals surface area contributed by atoms with Crippen molar-refractivity contribution in [3.8, 4) is 0 Å². The maximum absolute atomic E-state index is 3.81. The van der Waals surface area contributed by atoms with E-state index >= 15 is 0 Å². The van der Waals surface area contributed by atoms with Crippen LogP contribution in [0.1, 0.15) is 52.9 Å². The summed E-state index contributed by atoms with van der Waals surface area (Å²) in [5.41, 5.74) is 0.618. The number of nitrogens with one attached hydrogen (secondary N) is 1.